The van der Waals surface area contributed by atoms with Crippen LogP contribution in [0.2, 0.25) is 0 Å². The summed E-state index contributed by atoms with van der Waals surface area (Å²) in [6.07, 6.45) is 8.64. The lowest BCUT2D eigenvalue weighted by atomic mass is 9.98. The molecule has 2 aliphatic rings. The van der Waals surface area contributed by atoms with E-state index >= 15 is 0 Å². The molecule has 2 aliphatic heterocycles. The molecule has 1 unspecified atom stereocenters. The third-order valence-electron chi connectivity index (χ3n) is 3.03. The van der Waals surface area contributed by atoms with Crippen LogP contribution in [0.5, 0.6) is 0 Å². The zero-order valence-corrected chi connectivity index (χ0v) is 9.33. The number of rotatable bonds is 4. The van der Waals surface area contributed by atoms with Crippen molar-refractivity contribution in [1.82, 2.24) is 10.6 Å². The van der Waals surface area contributed by atoms with Crippen molar-refractivity contribution in [2.45, 2.75) is 38.3 Å². The van der Waals surface area contributed by atoms with Gasteiger partial charge in [-0.15, -0.1) is 0 Å². The van der Waals surface area contributed by atoms with E-state index in [0.29, 0.717) is 6.42 Å². The highest BCUT2D eigenvalue weighted by molar-refractivity contribution is 5.66. The number of allylic oxidation sites excluding steroid dienone is 3. The predicted octanol–water partition coefficient (Wildman–Crippen LogP) is 1.36. The molecule has 4 nitrogen and oxygen atoms in total. The van der Waals surface area contributed by atoms with E-state index in [0.717, 1.165) is 25.1 Å². The number of carboxylic acid groups (broad SMARTS) is 1. The Balaban J connectivity index is 1.85. The summed E-state index contributed by atoms with van der Waals surface area (Å²) in [5.74, 6) is -0.719. The van der Waals surface area contributed by atoms with Crippen LogP contribution in [0.3, 0.4) is 0 Å². The molecule has 4 heteroatoms. The van der Waals surface area contributed by atoms with E-state index in [2.05, 4.69) is 22.8 Å². The minimum absolute atomic E-state index is 0.244. The van der Waals surface area contributed by atoms with Gasteiger partial charge in [-0.3, -0.25) is 10.1 Å². The Labute approximate surface area is 95.4 Å². The quantitative estimate of drug-likeness (QED) is 0.672. The average molecular weight is 222 g/mol. The Hall–Kier alpha value is -1.29. The minimum atomic E-state index is -0.719. The van der Waals surface area contributed by atoms with Gasteiger partial charge in [0.05, 0.1) is 6.17 Å². The highest BCUT2D eigenvalue weighted by atomic mass is 16.4. The number of hydrogen-bond donors (Lipinski definition) is 3. The number of carboxylic acids is 1. The second kappa shape index (κ2) is 5.16. The Bertz CT molecular complexity index is 334. The summed E-state index contributed by atoms with van der Waals surface area (Å²) in [5, 5.41) is 15.4. The van der Waals surface area contributed by atoms with Crippen molar-refractivity contribution in [2.75, 3.05) is 6.54 Å². The summed E-state index contributed by atoms with van der Waals surface area (Å²) < 4.78 is 0. The molecule has 88 valence electrons. The van der Waals surface area contributed by atoms with Gasteiger partial charge in [-0.05, 0) is 43.9 Å². The lowest BCUT2D eigenvalue weighted by Crippen LogP contribution is -2.47. The molecule has 0 aliphatic carbocycles. The van der Waals surface area contributed by atoms with Gasteiger partial charge in [0.1, 0.15) is 0 Å². The molecule has 0 aromatic heterocycles. The normalized spacial score (nSPS) is 23.9. The number of piperidine rings is 1. The molecule has 2 rings (SSSR count). The molecule has 16 heavy (non-hydrogen) atoms. The highest BCUT2D eigenvalue weighted by Gasteiger charge is 2.20. The monoisotopic (exact) mass is 222 g/mol. The lowest BCUT2D eigenvalue weighted by Gasteiger charge is -2.32. The zero-order chi connectivity index (χ0) is 11.4. The van der Waals surface area contributed by atoms with E-state index in [4.69, 9.17) is 5.11 Å². The fourth-order valence-electron chi connectivity index (χ4n) is 2.16. The maximum absolute atomic E-state index is 10.4. The number of dihydropyridines is 1. The predicted molar refractivity (Wildman–Crippen MR) is 61.8 cm³/mol. The number of carbonyl (C=O) groups is 1. The van der Waals surface area contributed by atoms with Gasteiger partial charge in [0.2, 0.25) is 0 Å². The first-order valence-electron chi connectivity index (χ1n) is 5.87. The largest absolute Gasteiger partial charge is 0.481 e. The second-order valence-corrected chi connectivity index (χ2v) is 4.32. The van der Waals surface area contributed by atoms with Gasteiger partial charge >= 0.3 is 5.97 Å². The standard InChI is InChI=1S/C12H18N2O2/c15-11(16)5-1-4-10-7-6-9-3-2-8-13-12(9)14-10/h6-7,12-14H,1-5,8H2,(H,15,16). The Morgan fingerprint density at radius 3 is 3.19 bits per heavy atom. The molecule has 0 spiro atoms. The van der Waals surface area contributed by atoms with Crippen LogP contribution in [0.4, 0.5) is 0 Å². The van der Waals surface area contributed by atoms with Crippen molar-refractivity contribution in [3.8, 4) is 0 Å². The zero-order valence-electron chi connectivity index (χ0n) is 9.33. The molecule has 2 heterocycles. The molecular formula is C12H18N2O2. The molecule has 0 radical (unpaired) electrons. The molecule has 3 N–H and O–H groups in total. The topological polar surface area (TPSA) is 61.4 Å². The first kappa shape index (κ1) is 11.2. The molecule has 1 fully saturated rings. The van der Waals surface area contributed by atoms with E-state index in [9.17, 15) is 4.79 Å². The first-order valence-corrected chi connectivity index (χ1v) is 5.87. The van der Waals surface area contributed by atoms with Crippen LogP contribution in [0.25, 0.3) is 0 Å². The summed E-state index contributed by atoms with van der Waals surface area (Å²) in [5.41, 5.74) is 2.55. The van der Waals surface area contributed by atoms with Crippen molar-refractivity contribution in [2.24, 2.45) is 0 Å². The maximum atomic E-state index is 10.4. The molecule has 0 aromatic rings. The molecule has 1 saturated heterocycles. The Morgan fingerprint density at radius 1 is 1.50 bits per heavy atom. The van der Waals surface area contributed by atoms with Crippen molar-refractivity contribution in [3.05, 3.63) is 23.4 Å². The maximum Gasteiger partial charge on any atom is 0.303 e. The third-order valence-corrected chi connectivity index (χ3v) is 3.03. The smallest absolute Gasteiger partial charge is 0.303 e. The first-order chi connectivity index (χ1) is 7.75. The summed E-state index contributed by atoms with van der Waals surface area (Å²) in [6, 6.07) is 0. The van der Waals surface area contributed by atoms with Gasteiger partial charge in [-0.25, -0.2) is 0 Å². The van der Waals surface area contributed by atoms with Gasteiger partial charge in [0, 0.05) is 12.1 Å². The van der Waals surface area contributed by atoms with Crippen LogP contribution in [0, 0.1) is 0 Å². The number of hydrogen-bond acceptors (Lipinski definition) is 3. The Kier molecular flexibility index (Phi) is 3.62. The van der Waals surface area contributed by atoms with Crippen LogP contribution >= 0.6 is 0 Å². The molecule has 0 bridgehead atoms. The summed E-state index contributed by atoms with van der Waals surface area (Å²) in [6.45, 7) is 1.05. The van der Waals surface area contributed by atoms with Gasteiger partial charge in [0.25, 0.3) is 0 Å². The molecule has 0 amide bonds. The fraction of sp³-hybridized carbons (Fsp3) is 0.583. The van der Waals surface area contributed by atoms with Crippen molar-refractivity contribution in [3.63, 3.8) is 0 Å². The lowest BCUT2D eigenvalue weighted by molar-refractivity contribution is -0.137. The van der Waals surface area contributed by atoms with Crippen molar-refractivity contribution in [1.29, 1.82) is 0 Å². The SMILES string of the molecule is O=C(O)CCCC1=CC=C2CCCNC2N1. The van der Waals surface area contributed by atoms with Crippen molar-refractivity contribution >= 4 is 5.97 Å². The van der Waals surface area contributed by atoms with Crippen LogP contribution in [0.15, 0.2) is 23.4 Å². The van der Waals surface area contributed by atoms with E-state index in [-0.39, 0.29) is 12.6 Å². The molecule has 0 aromatic carbocycles. The van der Waals surface area contributed by atoms with E-state index in [1.54, 1.807) is 0 Å². The van der Waals surface area contributed by atoms with Gasteiger partial charge in [-0.1, -0.05) is 6.08 Å². The van der Waals surface area contributed by atoms with Gasteiger partial charge in [0.15, 0.2) is 0 Å². The second-order valence-electron chi connectivity index (χ2n) is 4.32. The van der Waals surface area contributed by atoms with Crippen LogP contribution < -0.4 is 10.6 Å². The number of nitrogens with one attached hydrogen (secondary N) is 2. The van der Waals surface area contributed by atoms with Gasteiger partial charge < -0.3 is 10.4 Å². The van der Waals surface area contributed by atoms with E-state index < -0.39 is 5.97 Å². The van der Waals surface area contributed by atoms with Crippen LogP contribution in [-0.4, -0.2) is 23.8 Å². The number of aliphatic carboxylic acids is 1. The Morgan fingerprint density at radius 2 is 2.38 bits per heavy atom. The molecule has 0 saturated carbocycles. The summed E-state index contributed by atoms with van der Waals surface area (Å²) in [4.78, 5) is 10.4. The minimum Gasteiger partial charge on any atom is -0.481 e. The third kappa shape index (κ3) is 2.85. The molecular weight excluding hydrogens is 204 g/mol. The number of fused-ring (bicyclic) bond motifs is 1. The van der Waals surface area contributed by atoms with E-state index in [1.165, 1.54) is 12.0 Å². The summed E-state index contributed by atoms with van der Waals surface area (Å²) in [7, 11) is 0. The van der Waals surface area contributed by atoms with Crippen molar-refractivity contribution < 1.29 is 9.90 Å². The van der Waals surface area contributed by atoms with E-state index in [1.807, 2.05) is 0 Å². The van der Waals surface area contributed by atoms with Gasteiger partial charge in [-0.2, -0.15) is 0 Å². The average Bonchev–Trinajstić information content (AvgIpc) is 2.28. The summed E-state index contributed by atoms with van der Waals surface area (Å²) >= 11 is 0. The molecule has 1 atom stereocenters. The van der Waals surface area contributed by atoms with Crippen LogP contribution in [-0.2, 0) is 4.79 Å². The fourth-order valence-corrected chi connectivity index (χ4v) is 2.16. The van der Waals surface area contributed by atoms with Crippen LogP contribution in [0.1, 0.15) is 32.1 Å². The highest BCUT2D eigenvalue weighted by Crippen LogP contribution is 2.20.